The largest absolute Gasteiger partial charge is 0.497 e. The highest BCUT2D eigenvalue weighted by atomic mass is 16.5. The maximum atomic E-state index is 12.8. The third-order valence-corrected chi connectivity index (χ3v) is 5.69. The van der Waals surface area contributed by atoms with Crippen LogP contribution in [0.4, 0.5) is 5.69 Å². The number of carbonyl (C=O) groups is 1. The van der Waals surface area contributed by atoms with Crippen LogP contribution in [0.15, 0.2) is 48.5 Å². The molecule has 2 aromatic rings. The molecule has 2 atom stereocenters. The number of hydrogen-bond donors (Lipinski definition) is 1. The van der Waals surface area contributed by atoms with Crippen molar-refractivity contribution in [3.63, 3.8) is 0 Å². The third-order valence-electron chi connectivity index (χ3n) is 5.69. The van der Waals surface area contributed by atoms with Crippen LogP contribution in [0.3, 0.4) is 0 Å². The van der Waals surface area contributed by atoms with Crippen LogP contribution in [0, 0.1) is 0 Å². The highest BCUT2D eigenvalue weighted by Crippen LogP contribution is 2.36. The minimum atomic E-state index is -0.0862. The molecule has 1 amide bonds. The van der Waals surface area contributed by atoms with Gasteiger partial charge in [-0.1, -0.05) is 31.5 Å². The van der Waals surface area contributed by atoms with Gasteiger partial charge >= 0.3 is 0 Å². The van der Waals surface area contributed by atoms with E-state index in [2.05, 4.69) is 36.3 Å². The molecule has 1 heterocycles. The Morgan fingerprint density at radius 3 is 2.59 bits per heavy atom. The second-order valence-electron chi connectivity index (χ2n) is 7.33. The molecule has 2 aromatic carbocycles. The molecule has 0 bridgehead atoms. The molecule has 1 N–H and O–H groups in total. The summed E-state index contributed by atoms with van der Waals surface area (Å²) < 4.78 is 5.17. The number of nitrogens with zero attached hydrogens (tertiary/aromatic N) is 1. The number of benzene rings is 2. The molecule has 1 saturated heterocycles. The van der Waals surface area contributed by atoms with Crippen molar-refractivity contribution in [1.82, 2.24) is 4.90 Å². The lowest BCUT2D eigenvalue weighted by Gasteiger charge is -2.38. The van der Waals surface area contributed by atoms with E-state index in [0.717, 1.165) is 24.4 Å². The summed E-state index contributed by atoms with van der Waals surface area (Å²) in [6.07, 6.45) is 4.84. The van der Waals surface area contributed by atoms with E-state index >= 15 is 0 Å². The number of ether oxygens (including phenoxy) is 1. The van der Waals surface area contributed by atoms with Crippen molar-refractivity contribution in [2.75, 3.05) is 26.0 Å². The molecule has 0 saturated carbocycles. The molecule has 1 fully saturated rings. The van der Waals surface area contributed by atoms with Crippen molar-refractivity contribution in [3.05, 3.63) is 59.7 Å². The van der Waals surface area contributed by atoms with Gasteiger partial charge in [0, 0.05) is 23.2 Å². The van der Waals surface area contributed by atoms with E-state index in [0.29, 0.717) is 17.5 Å². The van der Waals surface area contributed by atoms with E-state index in [4.69, 9.17) is 4.74 Å². The molecule has 4 heteroatoms. The number of piperidine rings is 1. The Morgan fingerprint density at radius 2 is 1.93 bits per heavy atom. The number of anilines is 1. The third kappa shape index (κ3) is 4.51. The van der Waals surface area contributed by atoms with Crippen LogP contribution in [0.25, 0.3) is 0 Å². The molecule has 0 spiro atoms. The summed E-state index contributed by atoms with van der Waals surface area (Å²) in [5.41, 5.74) is 2.79. The molecule has 0 radical (unpaired) electrons. The van der Waals surface area contributed by atoms with Crippen LogP contribution >= 0.6 is 0 Å². The molecule has 2 unspecified atom stereocenters. The highest BCUT2D eigenvalue weighted by molar-refractivity contribution is 6.04. The fraction of sp³-hybridized carbons (Fsp3) is 0.435. The van der Waals surface area contributed by atoms with Crippen molar-refractivity contribution in [3.8, 4) is 5.75 Å². The first-order valence-electron chi connectivity index (χ1n) is 9.88. The van der Waals surface area contributed by atoms with E-state index in [-0.39, 0.29) is 5.91 Å². The maximum Gasteiger partial charge on any atom is 0.255 e. The number of rotatable bonds is 6. The number of para-hydroxylation sites is 1. The lowest BCUT2D eigenvalue weighted by atomic mass is 9.83. The zero-order valence-electron chi connectivity index (χ0n) is 16.6. The number of likely N-dealkylation sites (tertiary alicyclic amines) is 1. The molecular weight excluding hydrogens is 336 g/mol. The van der Waals surface area contributed by atoms with Gasteiger partial charge in [0.15, 0.2) is 0 Å². The van der Waals surface area contributed by atoms with Crippen LogP contribution < -0.4 is 10.1 Å². The van der Waals surface area contributed by atoms with E-state index < -0.39 is 0 Å². The quantitative estimate of drug-likeness (QED) is 0.788. The van der Waals surface area contributed by atoms with Crippen LogP contribution in [0.1, 0.15) is 54.4 Å². The van der Waals surface area contributed by atoms with Gasteiger partial charge in [-0.15, -0.1) is 0 Å². The number of nitrogens with one attached hydrogen (secondary N) is 1. The van der Waals surface area contributed by atoms with Crippen LogP contribution in [0.2, 0.25) is 0 Å². The van der Waals surface area contributed by atoms with Crippen molar-refractivity contribution < 1.29 is 9.53 Å². The first kappa shape index (κ1) is 19.4. The molecule has 1 aliphatic rings. The number of amides is 1. The monoisotopic (exact) mass is 366 g/mol. The predicted octanol–water partition coefficient (Wildman–Crippen LogP) is 4.93. The topological polar surface area (TPSA) is 41.6 Å². The van der Waals surface area contributed by atoms with Gasteiger partial charge in [-0.25, -0.2) is 0 Å². The highest BCUT2D eigenvalue weighted by Gasteiger charge is 2.29. The first-order valence-corrected chi connectivity index (χ1v) is 9.88. The summed E-state index contributed by atoms with van der Waals surface area (Å²) in [5.74, 6) is 1.08. The number of methoxy groups -OCH3 is 1. The predicted molar refractivity (Wildman–Crippen MR) is 111 cm³/mol. The molecule has 0 aromatic heterocycles. The Morgan fingerprint density at radius 1 is 1.19 bits per heavy atom. The normalized spacial score (nSPS) is 18.7. The SMILES string of the molecule is CCC(c1ccccc1NC(=O)c1ccc(OC)cc1)C1CCCCN1C. The zero-order chi connectivity index (χ0) is 19.2. The average molecular weight is 367 g/mol. The minimum absolute atomic E-state index is 0.0862. The molecule has 144 valence electrons. The lowest BCUT2D eigenvalue weighted by Crippen LogP contribution is -2.40. The Bertz CT molecular complexity index is 757. The molecule has 27 heavy (non-hydrogen) atoms. The summed E-state index contributed by atoms with van der Waals surface area (Å²) in [7, 11) is 3.85. The van der Waals surface area contributed by atoms with Gasteiger partial charge in [-0.3, -0.25) is 4.79 Å². The van der Waals surface area contributed by atoms with Crippen LogP contribution in [-0.4, -0.2) is 37.6 Å². The standard InChI is InChI=1S/C23H30N2O2/c1-4-19(22-11-7-8-16-25(22)2)20-9-5-6-10-21(20)24-23(26)17-12-14-18(27-3)15-13-17/h5-6,9-10,12-15,19,22H,4,7-8,11,16H2,1-3H3,(H,24,26). The van der Waals surface area contributed by atoms with Crippen LogP contribution in [-0.2, 0) is 0 Å². The Balaban J connectivity index is 1.82. The smallest absolute Gasteiger partial charge is 0.255 e. The summed E-state index contributed by atoms with van der Waals surface area (Å²) in [5, 5.41) is 3.13. The second kappa shape index (κ2) is 9.05. The Kier molecular flexibility index (Phi) is 6.51. The molecular formula is C23H30N2O2. The van der Waals surface area contributed by atoms with Gasteiger partial charge in [-0.2, -0.15) is 0 Å². The number of likely N-dealkylation sites (N-methyl/N-ethyl adjacent to an activating group) is 1. The second-order valence-corrected chi connectivity index (χ2v) is 7.33. The minimum Gasteiger partial charge on any atom is -0.497 e. The van der Waals surface area contributed by atoms with E-state index in [1.165, 1.54) is 24.8 Å². The van der Waals surface area contributed by atoms with Gasteiger partial charge < -0.3 is 15.0 Å². The van der Waals surface area contributed by atoms with Crippen molar-refractivity contribution in [2.24, 2.45) is 0 Å². The summed E-state index contributed by atoms with van der Waals surface area (Å²) in [4.78, 5) is 15.2. The Labute approximate surface area is 162 Å². The van der Waals surface area contributed by atoms with Crippen molar-refractivity contribution >= 4 is 11.6 Å². The van der Waals surface area contributed by atoms with Crippen LogP contribution in [0.5, 0.6) is 5.75 Å². The van der Waals surface area contributed by atoms with Gasteiger partial charge in [0.05, 0.1) is 7.11 Å². The molecule has 0 aliphatic carbocycles. The summed E-state index contributed by atoms with van der Waals surface area (Å²) in [6.45, 7) is 3.40. The van der Waals surface area contributed by atoms with Gasteiger partial charge in [-0.05, 0) is 68.8 Å². The lowest BCUT2D eigenvalue weighted by molar-refractivity contribution is 0.102. The van der Waals surface area contributed by atoms with Gasteiger partial charge in [0.1, 0.15) is 5.75 Å². The maximum absolute atomic E-state index is 12.8. The summed E-state index contributed by atoms with van der Waals surface area (Å²) in [6, 6.07) is 16.0. The first-order chi connectivity index (χ1) is 13.1. The van der Waals surface area contributed by atoms with Gasteiger partial charge in [0.2, 0.25) is 0 Å². The molecule has 1 aliphatic heterocycles. The number of carbonyl (C=O) groups excluding carboxylic acids is 1. The number of hydrogen-bond acceptors (Lipinski definition) is 3. The van der Waals surface area contributed by atoms with E-state index in [1.807, 2.05) is 24.3 Å². The Hall–Kier alpha value is -2.33. The van der Waals surface area contributed by atoms with E-state index in [9.17, 15) is 4.79 Å². The molecule has 4 nitrogen and oxygen atoms in total. The zero-order valence-corrected chi connectivity index (χ0v) is 16.6. The van der Waals surface area contributed by atoms with Gasteiger partial charge in [0.25, 0.3) is 5.91 Å². The van der Waals surface area contributed by atoms with Crippen molar-refractivity contribution in [2.45, 2.75) is 44.6 Å². The fourth-order valence-electron chi connectivity index (χ4n) is 4.18. The summed E-state index contributed by atoms with van der Waals surface area (Å²) >= 11 is 0. The molecule has 3 rings (SSSR count). The van der Waals surface area contributed by atoms with Crippen molar-refractivity contribution in [1.29, 1.82) is 0 Å². The fourth-order valence-corrected chi connectivity index (χ4v) is 4.18. The average Bonchev–Trinajstić information content (AvgIpc) is 2.71. The van der Waals surface area contributed by atoms with E-state index in [1.54, 1.807) is 19.2 Å².